The van der Waals surface area contributed by atoms with Gasteiger partial charge in [0.2, 0.25) is 0 Å². The molecule has 0 aliphatic heterocycles. The molecule has 0 heterocycles. The Morgan fingerprint density at radius 1 is 0.277 bits per heavy atom. The van der Waals surface area contributed by atoms with E-state index < -0.39 is 5.41 Å². The molecule has 0 bridgehead atoms. The molecule has 10 aromatic rings. The maximum Gasteiger partial charge on any atom is 0.0726 e. The number of para-hydroxylation sites is 1. The molecular formula is C64H43N. The molecule has 0 fully saturated rings. The first-order valence-corrected chi connectivity index (χ1v) is 23.0. The van der Waals surface area contributed by atoms with Crippen molar-refractivity contribution in [1.29, 1.82) is 0 Å². The summed E-state index contributed by atoms with van der Waals surface area (Å²) >= 11 is 0. The molecule has 0 saturated heterocycles. The van der Waals surface area contributed by atoms with E-state index in [1.54, 1.807) is 0 Å². The van der Waals surface area contributed by atoms with Gasteiger partial charge >= 0.3 is 0 Å². The first-order valence-electron chi connectivity index (χ1n) is 23.0. The fourth-order valence-corrected chi connectivity index (χ4v) is 12.6. The third kappa shape index (κ3) is 5.04. The molecule has 0 amide bonds. The standard InChI is InChI=1S/C64H43N/c1-2-16-43(17-3-1)49-20-10-15-29-62(49)65(48-35-37-55-53-24-9-14-28-59(53)64(61(55)39-48)57-26-12-7-22-51(57)52-23-8-13-27-58(52)64)47-33-30-42(31-34-47)44-32-36-54-50-21-6-11-25-56(50)63(60(54)38-44)40-45-18-4-5-19-46(45)41-63/h1-39H,40-41H2. The van der Waals surface area contributed by atoms with Crippen molar-refractivity contribution in [3.8, 4) is 55.6 Å². The van der Waals surface area contributed by atoms with E-state index in [-0.39, 0.29) is 5.41 Å². The minimum absolute atomic E-state index is 0.0472. The third-order valence-corrected chi connectivity index (χ3v) is 15.3. The Morgan fingerprint density at radius 3 is 1.35 bits per heavy atom. The van der Waals surface area contributed by atoms with Gasteiger partial charge in [-0.1, -0.05) is 200 Å². The zero-order valence-corrected chi connectivity index (χ0v) is 35.9. The van der Waals surface area contributed by atoms with Crippen molar-refractivity contribution in [2.24, 2.45) is 0 Å². The first kappa shape index (κ1) is 36.5. The number of nitrogens with zero attached hydrogens (tertiary/aromatic N) is 1. The van der Waals surface area contributed by atoms with Crippen LogP contribution in [-0.2, 0) is 23.7 Å². The Hall–Kier alpha value is -8.00. The predicted molar refractivity (Wildman–Crippen MR) is 268 cm³/mol. The number of hydrogen-bond acceptors (Lipinski definition) is 1. The highest BCUT2D eigenvalue weighted by Gasteiger charge is 2.52. The lowest BCUT2D eigenvalue weighted by atomic mass is 9.70. The van der Waals surface area contributed by atoms with Crippen LogP contribution in [0, 0.1) is 0 Å². The molecule has 0 saturated carbocycles. The summed E-state index contributed by atoms with van der Waals surface area (Å²) in [6.45, 7) is 0. The quantitative estimate of drug-likeness (QED) is 0.167. The topological polar surface area (TPSA) is 3.24 Å². The monoisotopic (exact) mass is 825 g/mol. The summed E-state index contributed by atoms with van der Waals surface area (Å²) in [6.07, 6.45) is 2.07. The lowest BCUT2D eigenvalue weighted by molar-refractivity contribution is 0.564. The van der Waals surface area contributed by atoms with E-state index in [1.807, 2.05) is 0 Å². The summed E-state index contributed by atoms with van der Waals surface area (Å²) in [7, 11) is 0. The Bertz CT molecular complexity index is 3470. The van der Waals surface area contributed by atoms with Crippen molar-refractivity contribution in [2.45, 2.75) is 23.7 Å². The molecule has 0 aromatic heterocycles. The molecule has 2 spiro atoms. The second-order valence-corrected chi connectivity index (χ2v) is 18.4. The van der Waals surface area contributed by atoms with Crippen molar-refractivity contribution >= 4 is 17.1 Å². The van der Waals surface area contributed by atoms with Crippen molar-refractivity contribution < 1.29 is 0 Å². The van der Waals surface area contributed by atoms with Crippen molar-refractivity contribution in [3.63, 3.8) is 0 Å². The van der Waals surface area contributed by atoms with Crippen LogP contribution < -0.4 is 4.90 Å². The lowest BCUT2D eigenvalue weighted by Gasteiger charge is -2.32. The Kier molecular flexibility index (Phi) is 7.72. The van der Waals surface area contributed by atoms with E-state index in [1.165, 1.54) is 100 Å². The maximum atomic E-state index is 2.51. The highest BCUT2D eigenvalue weighted by molar-refractivity contribution is 5.97. The van der Waals surface area contributed by atoms with Crippen LogP contribution in [-0.4, -0.2) is 0 Å². The molecule has 1 heteroatoms. The van der Waals surface area contributed by atoms with Gasteiger partial charge < -0.3 is 4.90 Å². The summed E-state index contributed by atoms with van der Waals surface area (Å²) in [5, 5.41) is 0. The van der Waals surface area contributed by atoms with Crippen LogP contribution in [0.3, 0.4) is 0 Å². The summed E-state index contributed by atoms with van der Waals surface area (Å²) in [5.74, 6) is 0. The average Bonchev–Trinajstić information content (AvgIpc) is 4.09. The molecule has 4 aliphatic rings. The van der Waals surface area contributed by atoms with Gasteiger partial charge in [0, 0.05) is 22.4 Å². The predicted octanol–water partition coefficient (Wildman–Crippen LogP) is 15.9. The van der Waals surface area contributed by atoms with Crippen LogP contribution in [0.2, 0.25) is 0 Å². The van der Waals surface area contributed by atoms with E-state index in [0.717, 1.165) is 29.9 Å². The summed E-state index contributed by atoms with van der Waals surface area (Å²) in [6, 6.07) is 88.9. The van der Waals surface area contributed by atoms with Gasteiger partial charge in [-0.05, 0) is 144 Å². The fourth-order valence-electron chi connectivity index (χ4n) is 12.6. The SMILES string of the molecule is c1ccc(-c2ccccc2N(c2ccc(-c3ccc4c(c3)C3(Cc5ccccc5C3)c3ccccc3-4)cc2)c2ccc3c(c2)C2(c4ccccc4-c4ccccc42)c2ccccc2-3)cc1. The van der Waals surface area contributed by atoms with Crippen molar-refractivity contribution in [1.82, 2.24) is 0 Å². The zero-order valence-electron chi connectivity index (χ0n) is 35.9. The van der Waals surface area contributed by atoms with E-state index in [0.29, 0.717) is 0 Å². The molecule has 0 radical (unpaired) electrons. The second kappa shape index (κ2) is 13.7. The van der Waals surface area contributed by atoms with Gasteiger partial charge in [-0.25, -0.2) is 0 Å². The van der Waals surface area contributed by atoms with Gasteiger partial charge in [-0.3, -0.25) is 0 Å². The fraction of sp³-hybridized carbons (Fsp3) is 0.0625. The molecule has 10 aromatic carbocycles. The number of benzene rings is 10. The van der Waals surface area contributed by atoms with Gasteiger partial charge in [0.1, 0.15) is 0 Å². The second-order valence-electron chi connectivity index (χ2n) is 18.4. The smallest absolute Gasteiger partial charge is 0.0726 e. The molecule has 65 heavy (non-hydrogen) atoms. The molecule has 304 valence electrons. The van der Waals surface area contributed by atoms with Gasteiger partial charge in [-0.2, -0.15) is 0 Å². The highest BCUT2D eigenvalue weighted by Crippen LogP contribution is 2.63. The van der Waals surface area contributed by atoms with Crippen LogP contribution in [0.15, 0.2) is 237 Å². The van der Waals surface area contributed by atoms with Crippen molar-refractivity contribution in [3.05, 3.63) is 281 Å². The molecule has 14 rings (SSSR count). The van der Waals surface area contributed by atoms with Crippen LogP contribution in [0.5, 0.6) is 0 Å². The summed E-state index contributed by atoms with van der Waals surface area (Å²) < 4.78 is 0. The number of fused-ring (bicyclic) bond motifs is 16. The van der Waals surface area contributed by atoms with Gasteiger partial charge in [-0.15, -0.1) is 0 Å². The van der Waals surface area contributed by atoms with E-state index in [4.69, 9.17) is 0 Å². The first-order chi connectivity index (χ1) is 32.2. The number of rotatable bonds is 5. The molecule has 1 nitrogen and oxygen atoms in total. The molecule has 0 unspecified atom stereocenters. The van der Waals surface area contributed by atoms with E-state index >= 15 is 0 Å². The van der Waals surface area contributed by atoms with Crippen LogP contribution >= 0.6 is 0 Å². The zero-order chi connectivity index (χ0) is 42.7. The normalized spacial score (nSPS) is 14.6. The van der Waals surface area contributed by atoms with Crippen molar-refractivity contribution in [2.75, 3.05) is 4.90 Å². The maximum absolute atomic E-state index is 2.51. The minimum atomic E-state index is -0.436. The Balaban J connectivity index is 0.938. The molecular weight excluding hydrogens is 783 g/mol. The summed E-state index contributed by atoms with van der Waals surface area (Å²) in [4.78, 5) is 2.49. The third-order valence-electron chi connectivity index (χ3n) is 15.3. The Labute approximate surface area is 380 Å². The lowest BCUT2D eigenvalue weighted by Crippen LogP contribution is -2.26. The van der Waals surface area contributed by atoms with Gasteiger partial charge in [0.25, 0.3) is 0 Å². The Morgan fingerprint density at radius 2 is 0.723 bits per heavy atom. The summed E-state index contributed by atoms with van der Waals surface area (Å²) in [5.41, 5.74) is 27.0. The molecule has 0 N–H and O–H groups in total. The number of hydrogen-bond donors (Lipinski definition) is 0. The van der Waals surface area contributed by atoms with Crippen LogP contribution in [0.25, 0.3) is 55.6 Å². The number of anilines is 3. The minimum Gasteiger partial charge on any atom is -0.310 e. The van der Waals surface area contributed by atoms with Crippen LogP contribution in [0.4, 0.5) is 17.1 Å². The largest absolute Gasteiger partial charge is 0.310 e. The van der Waals surface area contributed by atoms with Crippen LogP contribution in [0.1, 0.15) is 44.5 Å². The molecule has 4 aliphatic carbocycles. The van der Waals surface area contributed by atoms with Gasteiger partial charge in [0.15, 0.2) is 0 Å². The van der Waals surface area contributed by atoms with Gasteiger partial charge in [0.05, 0.1) is 11.1 Å². The average molecular weight is 826 g/mol. The van der Waals surface area contributed by atoms with E-state index in [2.05, 4.69) is 241 Å². The highest BCUT2D eigenvalue weighted by atomic mass is 15.1. The van der Waals surface area contributed by atoms with E-state index in [9.17, 15) is 0 Å². The molecule has 0 atom stereocenters.